The molecule has 1 unspecified atom stereocenters. The standard InChI is InChI=1S/C13H17NO3/c1-10(13(16)17-3)9-14(2)12(15)11-7-5-4-6-8-11/h4-8,10H,9H2,1-3H3. The molecule has 4 heteroatoms. The van der Waals surface area contributed by atoms with Gasteiger partial charge in [0.05, 0.1) is 13.0 Å². The van der Waals surface area contributed by atoms with E-state index in [-0.39, 0.29) is 17.8 Å². The molecule has 0 aliphatic carbocycles. The van der Waals surface area contributed by atoms with E-state index in [4.69, 9.17) is 0 Å². The molecular weight excluding hydrogens is 218 g/mol. The van der Waals surface area contributed by atoms with E-state index in [9.17, 15) is 9.59 Å². The Bertz CT molecular complexity index is 389. The van der Waals surface area contributed by atoms with Gasteiger partial charge in [-0.1, -0.05) is 25.1 Å². The number of methoxy groups -OCH3 is 1. The van der Waals surface area contributed by atoms with E-state index in [0.717, 1.165) is 0 Å². The van der Waals surface area contributed by atoms with Crippen LogP contribution in [0, 0.1) is 5.92 Å². The lowest BCUT2D eigenvalue weighted by Crippen LogP contribution is -2.34. The average molecular weight is 235 g/mol. The molecule has 0 aliphatic rings. The summed E-state index contributed by atoms with van der Waals surface area (Å²) in [4.78, 5) is 24.7. The number of carbonyl (C=O) groups is 2. The summed E-state index contributed by atoms with van der Waals surface area (Å²) in [5.41, 5.74) is 0.618. The number of ether oxygens (including phenoxy) is 1. The molecule has 1 aromatic rings. The fourth-order valence-electron chi connectivity index (χ4n) is 1.57. The normalized spacial score (nSPS) is 11.7. The van der Waals surface area contributed by atoms with Gasteiger partial charge in [-0.2, -0.15) is 0 Å². The molecule has 0 bridgehead atoms. The highest BCUT2D eigenvalue weighted by Crippen LogP contribution is 2.06. The first kappa shape index (κ1) is 13.2. The molecule has 0 N–H and O–H groups in total. The van der Waals surface area contributed by atoms with Crippen molar-refractivity contribution in [3.05, 3.63) is 35.9 Å². The molecule has 0 spiro atoms. The van der Waals surface area contributed by atoms with Gasteiger partial charge in [0.25, 0.3) is 5.91 Å². The van der Waals surface area contributed by atoms with Gasteiger partial charge in [0.2, 0.25) is 0 Å². The maximum absolute atomic E-state index is 12.0. The molecule has 0 saturated carbocycles. The van der Waals surface area contributed by atoms with Crippen LogP contribution in [0.25, 0.3) is 0 Å². The molecular formula is C13H17NO3. The van der Waals surface area contributed by atoms with Gasteiger partial charge >= 0.3 is 5.97 Å². The first-order valence-electron chi connectivity index (χ1n) is 5.44. The predicted octanol–water partition coefficient (Wildman–Crippen LogP) is 1.57. The topological polar surface area (TPSA) is 46.6 Å². The fraction of sp³-hybridized carbons (Fsp3) is 0.385. The number of amides is 1. The molecule has 1 amide bonds. The van der Waals surface area contributed by atoms with Gasteiger partial charge in [-0.3, -0.25) is 9.59 Å². The highest BCUT2D eigenvalue weighted by Gasteiger charge is 2.19. The van der Waals surface area contributed by atoms with E-state index < -0.39 is 0 Å². The summed E-state index contributed by atoms with van der Waals surface area (Å²) in [6, 6.07) is 8.98. The Morgan fingerprint density at radius 3 is 2.41 bits per heavy atom. The number of esters is 1. The minimum Gasteiger partial charge on any atom is -0.469 e. The molecule has 1 aromatic carbocycles. The van der Waals surface area contributed by atoms with Crippen molar-refractivity contribution in [2.24, 2.45) is 5.92 Å². The average Bonchev–Trinajstić information content (AvgIpc) is 2.37. The molecule has 17 heavy (non-hydrogen) atoms. The summed E-state index contributed by atoms with van der Waals surface area (Å²) >= 11 is 0. The van der Waals surface area contributed by atoms with E-state index in [0.29, 0.717) is 12.1 Å². The van der Waals surface area contributed by atoms with Crippen molar-refractivity contribution in [2.75, 3.05) is 20.7 Å². The fourth-order valence-corrected chi connectivity index (χ4v) is 1.57. The van der Waals surface area contributed by atoms with Crippen molar-refractivity contribution in [2.45, 2.75) is 6.92 Å². The van der Waals surface area contributed by atoms with E-state index in [1.54, 1.807) is 26.1 Å². The van der Waals surface area contributed by atoms with E-state index >= 15 is 0 Å². The second-order valence-electron chi connectivity index (χ2n) is 3.98. The first-order valence-corrected chi connectivity index (χ1v) is 5.44. The third-order valence-electron chi connectivity index (χ3n) is 2.52. The quantitative estimate of drug-likeness (QED) is 0.744. The van der Waals surface area contributed by atoms with E-state index in [2.05, 4.69) is 4.74 Å². The largest absolute Gasteiger partial charge is 0.469 e. The second kappa shape index (κ2) is 6.03. The molecule has 92 valence electrons. The molecule has 0 radical (unpaired) electrons. The maximum Gasteiger partial charge on any atom is 0.310 e. The Kier molecular flexibility index (Phi) is 4.69. The smallest absolute Gasteiger partial charge is 0.310 e. The van der Waals surface area contributed by atoms with Crippen LogP contribution in [0.4, 0.5) is 0 Å². The summed E-state index contributed by atoms with van der Waals surface area (Å²) in [5.74, 6) is -0.725. The first-order chi connectivity index (χ1) is 8.06. The Hall–Kier alpha value is -1.84. The third-order valence-corrected chi connectivity index (χ3v) is 2.52. The van der Waals surface area contributed by atoms with Crippen LogP contribution in [0.5, 0.6) is 0 Å². The summed E-state index contributed by atoms with van der Waals surface area (Å²) in [5, 5.41) is 0. The van der Waals surface area contributed by atoms with Crippen molar-refractivity contribution in [3.63, 3.8) is 0 Å². The number of benzene rings is 1. The Morgan fingerprint density at radius 2 is 1.88 bits per heavy atom. The van der Waals surface area contributed by atoms with Crippen molar-refractivity contribution in [3.8, 4) is 0 Å². The molecule has 0 saturated heterocycles. The number of rotatable bonds is 4. The molecule has 0 aromatic heterocycles. The van der Waals surface area contributed by atoms with Crippen molar-refractivity contribution in [1.29, 1.82) is 0 Å². The molecule has 4 nitrogen and oxygen atoms in total. The summed E-state index contributed by atoms with van der Waals surface area (Å²) < 4.78 is 4.62. The van der Waals surface area contributed by atoms with Gasteiger partial charge in [-0.05, 0) is 12.1 Å². The summed E-state index contributed by atoms with van der Waals surface area (Å²) in [6.45, 7) is 2.08. The van der Waals surface area contributed by atoms with Crippen molar-refractivity contribution >= 4 is 11.9 Å². The SMILES string of the molecule is COC(=O)C(C)CN(C)C(=O)c1ccccc1. The Balaban J connectivity index is 2.62. The van der Waals surface area contributed by atoms with Crippen LogP contribution in [0.1, 0.15) is 17.3 Å². The lowest BCUT2D eigenvalue weighted by Gasteiger charge is -2.20. The van der Waals surface area contributed by atoms with Gasteiger partial charge in [0, 0.05) is 19.2 Å². The number of hydrogen-bond acceptors (Lipinski definition) is 3. The van der Waals surface area contributed by atoms with Gasteiger partial charge in [0.1, 0.15) is 0 Å². The molecule has 1 atom stereocenters. The number of carbonyl (C=O) groups excluding carboxylic acids is 2. The van der Waals surface area contributed by atoms with Gasteiger partial charge < -0.3 is 9.64 Å². The van der Waals surface area contributed by atoms with Crippen LogP contribution >= 0.6 is 0 Å². The minimum atomic E-state index is -0.322. The molecule has 0 aliphatic heterocycles. The zero-order valence-electron chi connectivity index (χ0n) is 10.3. The van der Waals surface area contributed by atoms with Crippen LogP contribution in [-0.4, -0.2) is 37.5 Å². The summed E-state index contributed by atoms with van der Waals surface area (Å²) in [7, 11) is 3.02. The highest BCUT2D eigenvalue weighted by atomic mass is 16.5. The van der Waals surface area contributed by atoms with Crippen molar-refractivity contribution < 1.29 is 14.3 Å². The Morgan fingerprint density at radius 1 is 1.29 bits per heavy atom. The van der Waals surface area contributed by atoms with Crippen LogP contribution in [0.15, 0.2) is 30.3 Å². The number of hydrogen-bond donors (Lipinski definition) is 0. The van der Waals surface area contributed by atoms with Gasteiger partial charge in [0.15, 0.2) is 0 Å². The van der Waals surface area contributed by atoms with Crippen molar-refractivity contribution in [1.82, 2.24) is 4.90 Å². The van der Waals surface area contributed by atoms with Crippen LogP contribution in [0.3, 0.4) is 0 Å². The Labute approximate surface area is 101 Å². The minimum absolute atomic E-state index is 0.0960. The zero-order chi connectivity index (χ0) is 12.8. The number of nitrogens with zero attached hydrogens (tertiary/aromatic N) is 1. The maximum atomic E-state index is 12.0. The summed E-state index contributed by atoms with van der Waals surface area (Å²) in [6.07, 6.45) is 0. The second-order valence-corrected chi connectivity index (χ2v) is 3.98. The molecule has 0 fully saturated rings. The molecule has 0 heterocycles. The van der Waals surface area contributed by atoms with Crippen LogP contribution in [-0.2, 0) is 9.53 Å². The predicted molar refractivity (Wildman–Crippen MR) is 64.6 cm³/mol. The van der Waals surface area contributed by atoms with Gasteiger partial charge in [-0.25, -0.2) is 0 Å². The zero-order valence-corrected chi connectivity index (χ0v) is 10.3. The van der Waals surface area contributed by atoms with E-state index in [1.165, 1.54) is 12.0 Å². The van der Waals surface area contributed by atoms with Gasteiger partial charge in [-0.15, -0.1) is 0 Å². The third kappa shape index (κ3) is 3.59. The monoisotopic (exact) mass is 235 g/mol. The van der Waals surface area contributed by atoms with Crippen LogP contribution < -0.4 is 0 Å². The highest BCUT2D eigenvalue weighted by molar-refractivity contribution is 5.94. The lowest BCUT2D eigenvalue weighted by atomic mass is 10.1. The molecule has 1 rings (SSSR count). The van der Waals surface area contributed by atoms with E-state index in [1.807, 2.05) is 18.2 Å². The van der Waals surface area contributed by atoms with Crippen LogP contribution in [0.2, 0.25) is 0 Å². The lowest BCUT2D eigenvalue weighted by molar-refractivity contribution is -0.145.